The van der Waals surface area contributed by atoms with Crippen molar-refractivity contribution in [3.63, 3.8) is 0 Å². The second-order valence-electron chi connectivity index (χ2n) is 6.89. The van der Waals surface area contributed by atoms with Crippen LogP contribution in [0.3, 0.4) is 0 Å². The van der Waals surface area contributed by atoms with E-state index >= 15 is 0 Å². The van der Waals surface area contributed by atoms with Crippen molar-refractivity contribution in [1.29, 1.82) is 0 Å². The molecule has 1 heterocycles. The van der Waals surface area contributed by atoms with Gasteiger partial charge in [-0.2, -0.15) is 0 Å². The van der Waals surface area contributed by atoms with E-state index in [0.29, 0.717) is 17.5 Å². The van der Waals surface area contributed by atoms with E-state index in [2.05, 4.69) is 4.72 Å². The Balaban J connectivity index is 1.89. The highest BCUT2D eigenvalue weighted by Crippen LogP contribution is 2.26. The first kappa shape index (κ1) is 20.2. The predicted octanol–water partition coefficient (Wildman–Crippen LogP) is 2.84. The third kappa shape index (κ3) is 4.85. The van der Waals surface area contributed by atoms with Crippen LogP contribution in [0.15, 0.2) is 42.5 Å². The highest BCUT2D eigenvalue weighted by Gasteiger charge is 2.38. The summed E-state index contributed by atoms with van der Waals surface area (Å²) in [4.78, 5) is 12.8. The molecule has 0 unspecified atom stereocenters. The zero-order chi connectivity index (χ0) is 20.5. The molecule has 1 aliphatic rings. The Morgan fingerprint density at radius 1 is 1.18 bits per heavy atom. The largest absolute Gasteiger partial charge is 0.465 e. The van der Waals surface area contributed by atoms with Crippen molar-refractivity contribution in [1.82, 2.24) is 9.62 Å². The van der Waals surface area contributed by atoms with E-state index in [-0.39, 0.29) is 13.0 Å². The average Bonchev–Trinajstić information content (AvgIpc) is 2.95. The zero-order valence-electron chi connectivity index (χ0n) is 15.1. The second kappa shape index (κ2) is 7.84. The van der Waals surface area contributed by atoms with Gasteiger partial charge in [0.05, 0.1) is 12.3 Å². The predicted molar refractivity (Wildman–Crippen MR) is 100 cm³/mol. The summed E-state index contributed by atoms with van der Waals surface area (Å²) in [6.45, 7) is 0.224. The minimum absolute atomic E-state index is 0.224. The lowest BCUT2D eigenvalue weighted by Gasteiger charge is -2.26. The Bertz CT molecular complexity index is 977. The molecular weight excluding hydrogens is 390 g/mol. The molecule has 0 bridgehead atoms. The van der Waals surface area contributed by atoms with Crippen molar-refractivity contribution in [2.75, 3.05) is 12.8 Å². The smallest absolute Gasteiger partial charge is 0.407 e. The topological polar surface area (TPSA) is 86.7 Å². The van der Waals surface area contributed by atoms with Crippen LogP contribution in [0.1, 0.15) is 12.0 Å². The molecule has 2 atom stereocenters. The number of likely N-dealkylation sites (tertiary alicyclic amines) is 1. The molecule has 2 aromatic carbocycles. The molecule has 1 amide bonds. The minimum Gasteiger partial charge on any atom is -0.465 e. The van der Waals surface area contributed by atoms with Crippen molar-refractivity contribution < 1.29 is 27.1 Å². The lowest BCUT2D eigenvalue weighted by atomic mass is 9.97. The fourth-order valence-electron chi connectivity index (χ4n) is 3.60. The van der Waals surface area contributed by atoms with Crippen LogP contribution in [0.5, 0.6) is 0 Å². The van der Waals surface area contributed by atoms with E-state index in [1.807, 2.05) is 0 Å². The van der Waals surface area contributed by atoms with Gasteiger partial charge in [-0.05, 0) is 41.7 Å². The Morgan fingerprint density at radius 3 is 2.46 bits per heavy atom. The van der Waals surface area contributed by atoms with E-state index in [4.69, 9.17) is 0 Å². The molecule has 28 heavy (non-hydrogen) atoms. The molecule has 0 aliphatic carbocycles. The number of amides is 1. The third-order valence-electron chi connectivity index (χ3n) is 4.72. The number of carboxylic acid groups (broad SMARTS) is 1. The summed E-state index contributed by atoms with van der Waals surface area (Å²) in [6, 6.07) is 9.02. The van der Waals surface area contributed by atoms with Gasteiger partial charge in [-0.3, -0.25) is 0 Å². The highest BCUT2D eigenvalue weighted by molar-refractivity contribution is 7.88. The lowest BCUT2D eigenvalue weighted by molar-refractivity contribution is 0.137. The Hall–Kier alpha value is -2.52. The maximum absolute atomic E-state index is 13.5. The van der Waals surface area contributed by atoms with E-state index in [9.17, 15) is 27.1 Å². The average molecular weight is 410 g/mol. The zero-order valence-corrected chi connectivity index (χ0v) is 15.9. The van der Waals surface area contributed by atoms with Gasteiger partial charge in [-0.25, -0.2) is 26.7 Å². The lowest BCUT2D eigenvalue weighted by Crippen LogP contribution is -2.47. The van der Waals surface area contributed by atoms with Gasteiger partial charge in [0.2, 0.25) is 10.0 Å². The van der Waals surface area contributed by atoms with Gasteiger partial charge in [0, 0.05) is 18.7 Å². The van der Waals surface area contributed by atoms with Gasteiger partial charge in [-0.15, -0.1) is 0 Å². The van der Waals surface area contributed by atoms with E-state index in [0.717, 1.165) is 17.9 Å². The molecule has 1 fully saturated rings. The molecule has 3 rings (SSSR count). The molecule has 150 valence electrons. The number of rotatable bonds is 5. The quantitative estimate of drug-likeness (QED) is 0.794. The van der Waals surface area contributed by atoms with Crippen molar-refractivity contribution in [3.8, 4) is 11.1 Å². The third-order valence-corrected chi connectivity index (χ3v) is 5.46. The van der Waals surface area contributed by atoms with Crippen LogP contribution in [0, 0.1) is 11.6 Å². The maximum Gasteiger partial charge on any atom is 0.407 e. The minimum atomic E-state index is -3.50. The number of benzene rings is 2. The molecule has 0 spiro atoms. The number of nitrogens with zero attached hydrogens (tertiary/aromatic N) is 1. The summed E-state index contributed by atoms with van der Waals surface area (Å²) in [6.07, 6.45) is 0.558. The molecule has 0 aromatic heterocycles. The van der Waals surface area contributed by atoms with Crippen LogP contribution in [0.2, 0.25) is 0 Å². The summed E-state index contributed by atoms with van der Waals surface area (Å²) in [5.74, 6) is -1.38. The number of hydrogen-bond acceptors (Lipinski definition) is 3. The monoisotopic (exact) mass is 410 g/mol. The van der Waals surface area contributed by atoms with Crippen LogP contribution in [0.4, 0.5) is 13.6 Å². The molecule has 1 saturated heterocycles. The first-order chi connectivity index (χ1) is 13.1. The van der Waals surface area contributed by atoms with E-state index in [1.165, 1.54) is 17.0 Å². The van der Waals surface area contributed by atoms with Gasteiger partial charge in [-0.1, -0.05) is 24.3 Å². The summed E-state index contributed by atoms with van der Waals surface area (Å²) in [7, 11) is -3.50. The first-order valence-electron chi connectivity index (χ1n) is 8.64. The van der Waals surface area contributed by atoms with Crippen LogP contribution in [0.25, 0.3) is 11.1 Å². The van der Waals surface area contributed by atoms with Gasteiger partial charge >= 0.3 is 6.09 Å². The Morgan fingerprint density at radius 2 is 1.86 bits per heavy atom. The fraction of sp³-hybridized carbons (Fsp3) is 0.316. The van der Waals surface area contributed by atoms with Gasteiger partial charge in [0.25, 0.3) is 0 Å². The molecule has 0 saturated carbocycles. The summed E-state index contributed by atoms with van der Waals surface area (Å²) in [5, 5.41) is 9.44. The Labute approximate surface area is 161 Å². The second-order valence-corrected chi connectivity index (χ2v) is 8.67. The number of nitrogens with one attached hydrogen (secondary N) is 1. The van der Waals surface area contributed by atoms with Gasteiger partial charge < -0.3 is 10.0 Å². The molecule has 1 aliphatic heterocycles. The molecular formula is C19H20F2N2O4S. The van der Waals surface area contributed by atoms with Crippen molar-refractivity contribution in [3.05, 3.63) is 59.7 Å². The standard InChI is InChI=1S/C19H20F2N2O4S/c1-28(26,27)22-17-5-6-23(19(24)25)18(17)8-12-3-2-4-13(7-12)14-9-15(20)11-16(21)10-14/h2-4,7,9-11,17-18,22H,5-6,8H2,1H3,(H,24,25)/t17-,18-/m0/s1. The molecule has 2 aromatic rings. The maximum atomic E-state index is 13.5. The van der Waals surface area contributed by atoms with Gasteiger partial charge in [0.15, 0.2) is 0 Å². The van der Waals surface area contributed by atoms with Crippen LogP contribution < -0.4 is 4.72 Å². The summed E-state index contributed by atoms with van der Waals surface area (Å²) >= 11 is 0. The van der Waals surface area contributed by atoms with Crippen LogP contribution >= 0.6 is 0 Å². The van der Waals surface area contributed by atoms with Crippen molar-refractivity contribution in [2.24, 2.45) is 0 Å². The molecule has 2 N–H and O–H groups in total. The molecule has 9 heteroatoms. The summed E-state index contributed by atoms with van der Waals surface area (Å²) in [5.41, 5.74) is 1.69. The highest BCUT2D eigenvalue weighted by atomic mass is 32.2. The van der Waals surface area contributed by atoms with E-state index in [1.54, 1.807) is 24.3 Å². The van der Waals surface area contributed by atoms with Crippen molar-refractivity contribution >= 4 is 16.1 Å². The molecule has 6 nitrogen and oxygen atoms in total. The van der Waals surface area contributed by atoms with Gasteiger partial charge in [0.1, 0.15) is 11.6 Å². The number of sulfonamides is 1. The fourth-order valence-corrected chi connectivity index (χ4v) is 4.42. The van der Waals surface area contributed by atoms with E-state index < -0.39 is 39.8 Å². The Kier molecular flexibility index (Phi) is 5.66. The molecule has 0 radical (unpaired) electrons. The van der Waals surface area contributed by atoms with Crippen molar-refractivity contribution in [2.45, 2.75) is 24.9 Å². The van der Waals surface area contributed by atoms with Crippen LogP contribution in [-0.4, -0.2) is 49.4 Å². The normalized spacial score (nSPS) is 19.8. The number of halogens is 2. The number of hydrogen-bond donors (Lipinski definition) is 2. The first-order valence-corrected chi connectivity index (χ1v) is 10.5. The number of carbonyl (C=O) groups is 1. The van der Waals surface area contributed by atoms with Crippen LogP contribution in [-0.2, 0) is 16.4 Å². The summed E-state index contributed by atoms with van der Waals surface area (Å²) < 4.78 is 52.8. The SMILES string of the molecule is CS(=O)(=O)N[C@H]1CCN(C(=O)O)[C@H]1Cc1cccc(-c2cc(F)cc(F)c2)c1.